The van der Waals surface area contributed by atoms with Crippen LogP contribution in [0.1, 0.15) is 26.7 Å². The zero-order chi connectivity index (χ0) is 9.12. The Bertz CT molecular complexity index is 170. The maximum absolute atomic E-state index is 12.9. The van der Waals surface area contributed by atoms with E-state index < -0.39 is 13.8 Å². The summed E-state index contributed by atoms with van der Waals surface area (Å²) in [7, 11) is -4.29. The Hall–Kier alpha value is -0.433. The van der Waals surface area contributed by atoms with E-state index in [0.717, 1.165) is 6.55 Å². The first-order valence-electron chi connectivity index (χ1n) is 3.66. The van der Waals surface area contributed by atoms with Crippen molar-refractivity contribution < 1.29 is 8.22 Å². The van der Waals surface area contributed by atoms with E-state index in [0.29, 0.717) is 12.8 Å². The summed E-state index contributed by atoms with van der Waals surface area (Å²) < 4.78 is 25.7. The lowest BCUT2D eigenvalue weighted by atomic mass is 10.1. The summed E-state index contributed by atoms with van der Waals surface area (Å²) in [4.78, 5) is 0. The van der Waals surface area contributed by atoms with Crippen LogP contribution in [-0.4, -0.2) is 8.74 Å². The zero-order valence-corrected chi connectivity index (χ0v) is 8.12. The highest BCUT2D eigenvalue weighted by Gasteiger charge is 2.50. The van der Waals surface area contributed by atoms with Crippen molar-refractivity contribution in [1.29, 1.82) is 5.26 Å². The van der Waals surface area contributed by atoms with Gasteiger partial charge in [-0.25, -0.2) is 0 Å². The zero-order valence-electron chi connectivity index (χ0n) is 7.12. The molecule has 11 heavy (non-hydrogen) atoms. The first-order valence-corrected chi connectivity index (χ1v) is 5.92. The minimum atomic E-state index is -4.29. The average molecular weight is 177 g/mol. The average Bonchev–Trinajstić information content (AvgIpc) is 1.86. The summed E-state index contributed by atoms with van der Waals surface area (Å²) in [6.45, 7) is 4.12. The molecule has 0 aromatic rings. The van der Waals surface area contributed by atoms with Crippen molar-refractivity contribution in [3.8, 4) is 6.07 Å². The topological polar surface area (TPSA) is 23.8 Å². The molecule has 0 aliphatic heterocycles. The molecule has 0 fully saturated rings. The van der Waals surface area contributed by atoms with Crippen LogP contribution in [0.15, 0.2) is 0 Å². The third-order valence-electron chi connectivity index (χ3n) is 1.97. The van der Waals surface area contributed by atoms with Gasteiger partial charge in [-0.05, 0) is 19.9 Å². The van der Waals surface area contributed by atoms with Gasteiger partial charge >= 0.3 is 8.74 Å². The summed E-state index contributed by atoms with van der Waals surface area (Å²) in [6, 6.07) is 1.73. The molecule has 0 heterocycles. The van der Waals surface area contributed by atoms with Crippen molar-refractivity contribution in [3.05, 3.63) is 0 Å². The molecule has 0 radical (unpaired) electrons. The second-order valence-electron chi connectivity index (χ2n) is 3.08. The van der Waals surface area contributed by atoms with E-state index in [1.54, 1.807) is 6.07 Å². The number of halogens is 2. The molecule has 0 rings (SSSR count). The number of nitrogens with zero attached hydrogens (tertiary/aromatic N) is 1. The number of hydrogen-bond acceptors (Lipinski definition) is 1. The Morgan fingerprint density at radius 2 is 2.00 bits per heavy atom. The Morgan fingerprint density at radius 3 is 2.09 bits per heavy atom. The van der Waals surface area contributed by atoms with Crippen molar-refractivity contribution in [3.63, 3.8) is 0 Å². The maximum Gasteiger partial charge on any atom is 0.441 e. The van der Waals surface area contributed by atoms with Crippen LogP contribution in [0.25, 0.3) is 0 Å². The van der Waals surface area contributed by atoms with Crippen molar-refractivity contribution in [2.24, 2.45) is 0 Å². The van der Waals surface area contributed by atoms with E-state index in [4.69, 9.17) is 5.26 Å². The molecule has 0 spiro atoms. The lowest BCUT2D eigenvalue weighted by molar-refractivity contribution is 0.494. The highest BCUT2D eigenvalue weighted by atomic mass is 28.4. The van der Waals surface area contributed by atoms with Gasteiger partial charge in [-0.15, -0.1) is 0 Å². The monoisotopic (exact) mass is 177 g/mol. The minimum Gasteiger partial charge on any atom is -0.269 e. The van der Waals surface area contributed by atoms with E-state index >= 15 is 0 Å². The van der Waals surface area contributed by atoms with Crippen LogP contribution in [0, 0.1) is 11.3 Å². The summed E-state index contributed by atoms with van der Waals surface area (Å²) in [5.74, 6) is 0. The van der Waals surface area contributed by atoms with Gasteiger partial charge < -0.3 is 0 Å². The molecule has 64 valence electrons. The molecule has 0 bridgehead atoms. The van der Waals surface area contributed by atoms with Crippen LogP contribution < -0.4 is 0 Å². The fourth-order valence-electron chi connectivity index (χ4n) is 0.874. The van der Waals surface area contributed by atoms with E-state index in [9.17, 15) is 8.22 Å². The molecule has 0 amide bonds. The Labute approximate surface area is 67.4 Å². The smallest absolute Gasteiger partial charge is 0.269 e. The molecule has 0 saturated carbocycles. The van der Waals surface area contributed by atoms with Crippen molar-refractivity contribution in [2.45, 2.75) is 38.3 Å². The summed E-state index contributed by atoms with van der Waals surface area (Å²) in [5.41, 5.74) is 0. The Balaban J connectivity index is 4.50. The first-order chi connectivity index (χ1) is 4.87. The normalized spacial score (nSPS) is 17.1. The summed E-state index contributed by atoms with van der Waals surface area (Å²) >= 11 is 0. The SMILES string of the molecule is CCCC(C)(C#N)[Si](C)(F)F. The highest BCUT2D eigenvalue weighted by Crippen LogP contribution is 2.42. The number of hydrogen-bond donors (Lipinski definition) is 0. The van der Waals surface area contributed by atoms with Gasteiger partial charge in [-0.3, -0.25) is 8.22 Å². The predicted molar refractivity (Wildman–Crippen MR) is 42.7 cm³/mol. The molecule has 0 N–H and O–H groups in total. The molecule has 1 atom stereocenters. The first kappa shape index (κ1) is 10.6. The van der Waals surface area contributed by atoms with E-state index in [1.165, 1.54) is 6.92 Å². The molecule has 1 unspecified atom stereocenters. The standard InChI is InChI=1S/C7H13F2NSi/c1-4-5-7(2,6-10)11(3,8)9/h4-5H2,1-3H3. The molecule has 0 aromatic heterocycles. The Kier molecular flexibility index (Phi) is 3.18. The van der Waals surface area contributed by atoms with Crippen molar-refractivity contribution >= 4 is 8.74 Å². The second-order valence-corrected chi connectivity index (χ2v) is 5.96. The van der Waals surface area contributed by atoms with Crippen molar-refractivity contribution in [1.82, 2.24) is 0 Å². The quantitative estimate of drug-likeness (QED) is 0.480. The third-order valence-corrected chi connectivity index (χ3v) is 4.27. The van der Waals surface area contributed by atoms with Crippen molar-refractivity contribution in [2.75, 3.05) is 0 Å². The van der Waals surface area contributed by atoms with Crippen LogP contribution in [-0.2, 0) is 0 Å². The van der Waals surface area contributed by atoms with Gasteiger partial charge in [-0.1, -0.05) is 13.3 Å². The van der Waals surface area contributed by atoms with Crippen LogP contribution in [0.4, 0.5) is 8.22 Å². The minimum absolute atomic E-state index is 0.305. The van der Waals surface area contributed by atoms with Crippen LogP contribution in [0.5, 0.6) is 0 Å². The number of rotatable bonds is 3. The van der Waals surface area contributed by atoms with Gasteiger partial charge in [0.1, 0.15) is 5.04 Å². The lowest BCUT2D eigenvalue weighted by Crippen LogP contribution is -2.34. The molecule has 4 heteroatoms. The third kappa shape index (κ3) is 2.26. The number of nitriles is 1. The molecule has 0 aliphatic rings. The fraction of sp³-hybridized carbons (Fsp3) is 0.857. The van der Waals surface area contributed by atoms with Gasteiger partial charge in [0.25, 0.3) is 0 Å². The van der Waals surface area contributed by atoms with E-state index in [2.05, 4.69) is 0 Å². The molecule has 0 aromatic carbocycles. The molecule has 1 nitrogen and oxygen atoms in total. The maximum atomic E-state index is 12.9. The lowest BCUT2D eigenvalue weighted by Gasteiger charge is -2.24. The molecule has 0 saturated heterocycles. The van der Waals surface area contributed by atoms with Gasteiger partial charge in [0.15, 0.2) is 0 Å². The predicted octanol–water partition coefficient (Wildman–Crippen LogP) is 3.08. The molecule has 0 aliphatic carbocycles. The van der Waals surface area contributed by atoms with Gasteiger partial charge in [0, 0.05) is 0 Å². The summed E-state index contributed by atoms with van der Waals surface area (Å²) in [6.07, 6.45) is 0.944. The fourth-order valence-corrected chi connectivity index (χ4v) is 1.76. The van der Waals surface area contributed by atoms with Crippen LogP contribution in [0.2, 0.25) is 11.6 Å². The van der Waals surface area contributed by atoms with E-state index in [1.807, 2.05) is 6.92 Å². The van der Waals surface area contributed by atoms with Crippen LogP contribution >= 0.6 is 0 Å². The van der Waals surface area contributed by atoms with E-state index in [-0.39, 0.29) is 0 Å². The van der Waals surface area contributed by atoms with Gasteiger partial charge in [0.05, 0.1) is 6.07 Å². The van der Waals surface area contributed by atoms with Gasteiger partial charge in [-0.2, -0.15) is 5.26 Å². The van der Waals surface area contributed by atoms with Crippen LogP contribution in [0.3, 0.4) is 0 Å². The molecular weight excluding hydrogens is 164 g/mol. The largest absolute Gasteiger partial charge is 0.441 e. The second kappa shape index (κ2) is 3.31. The highest BCUT2D eigenvalue weighted by molar-refractivity contribution is 6.68. The molecular formula is C7H13F2NSi. The Morgan fingerprint density at radius 1 is 1.55 bits per heavy atom. The van der Waals surface area contributed by atoms with Gasteiger partial charge in [0.2, 0.25) is 0 Å². The summed E-state index contributed by atoms with van der Waals surface area (Å²) in [5, 5.41) is 7.20.